The van der Waals surface area contributed by atoms with Crippen LogP contribution in [0.5, 0.6) is 0 Å². The van der Waals surface area contributed by atoms with Gasteiger partial charge in [-0.2, -0.15) is 0 Å². The highest BCUT2D eigenvalue weighted by Crippen LogP contribution is 2.13. The molecule has 4 nitrogen and oxygen atoms in total. The molecule has 1 atom stereocenters. The van der Waals surface area contributed by atoms with Crippen LogP contribution in [0.3, 0.4) is 0 Å². The quantitative estimate of drug-likeness (QED) is 0.841. The number of nitrogens with one attached hydrogen (secondary N) is 1. The van der Waals surface area contributed by atoms with E-state index in [1.54, 1.807) is 16.7 Å². The first-order chi connectivity index (χ1) is 9.72. The lowest BCUT2D eigenvalue weighted by Gasteiger charge is -2.17. The van der Waals surface area contributed by atoms with Gasteiger partial charge in [-0.15, -0.1) is 0 Å². The fourth-order valence-corrected chi connectivity index (χ4v) is 2.35. The van der Waals surface area contributed by atoms with E-state index in [0.717, 1.165) is 19.5 Å². The third kappa shape index (κ3) is 3.61. The van der Waals surface area contributed by atoms with Gasteiger partial charge in [0.25, 0.3) is 5.56 Å². The lowest BCUT2D eigenvalue weighted by molar-refractivity contribution is 0.498. The highest BCUT2D eigenvalue weighted by Gasteiger charge is 2.08. The Bertz CT molecular complexity index is 585. The average molecular weight is 273 g/mol. The topological polar surface area (TPSA) is 39.0 Å². The number of aromatic nitrogens is 2. The van der Waals surface area contributed by atoms with Gasteiger partial charge in [0, 0.05) is 43.3 Å². The van der Waals surface area contributed by atoms with Crippen LogP contribution in [0.4, 0.5) is 0 Å². The van der Waals surface area contributed by atoms with Gasteiger partial charge < -0.3 is 14.5 Å². The normalized spacial score (nSPS) is 12.5. The second-order valence-electron chi connectivity index (χ2n) is 5.03. The van der Waals surface area contributed by atoms with E-state index in [1.165, 1.54) is 5.69 Å². The van der Waals surface area contributed by atoms with E-state index in [1.807, 2.05) is 12.3 Å². The number of nitrogens with zero attached hydrogens (tertiary/aromatic N) is 2. The summed E-state index contributed by atoms with van der Waals surface area (Å²) < 4.78 is 3.96. The zero-order valence-corrected chi connectivity index (χ0v) is 12.2. The molecule has 2 aromatic rings. The fraction of sp³-hybridized carbons (Fsp3) is 0.438. The second-order valence-corrected chi connectivity index (χ2v) is 5.03. The van der Waals surface area contributed by atoms with Crippen LogP contribution >= 0.6 is 0 Å². The van der Waals surface area contributed by atoms with Crippen molar-refractivity contribution in [1.29, 1.82) is 0 Å². The van der Waals surface area contributed by atoms with Gasteiger partial charge in [0.2, 0.25) is 0 Å². The van der Waals surface area contributed by atoms with E-state index in [2.05, 4.69) is 42.1 Å². The van der Waals surface area contributed by atoms with E-state index in [4.69, 9.17) is 0 Å². The minimum absolute atomic E-state index is 0.0540. The molecule has 4 heteroatoms. The van der Waals surface area contributed by atoms with Gasteiger partial charge in [0.1, 0.15) is 0 Å². The molecule has 0 aliphatic carbocycles. The zero-order valence-electron chi connectivity index (χ0n) is 12.2. The van der Waals surface area contributed by atoms with Crippen LogP contribution in [-0.4, -0.2) is 15.7 Å². The van der Waals surface area contributed by atoms with Crippen LogP contribution in [0, 0.1) is 0 Å². The number of rotatable bonds is 7. The summed E-state index contributed by atoms with van der Waals surface area (Å²) in [6, 6.07) is 9.80. The Balaban J connectivity index is 2.02. The monoisotopic (exact) mass is 273 g/mol. The van der Waals surface area contributed by atoms with Gasteiger partial charge in [-0.25, -0.2) is 0 Å². The van der Waals surface area contributed by atoms with E-state index in [0.29, 0.717) is 12.6 Å². The molecule has 2 heterocycles. The van der Waals surface area contributed by atoms with Gasteiger partial charge in [-0.3, -0.25) is 4.79 Å². The Morgan fingerprint density at radius 1 is 1.10 bits per heavy atom. The Morgan fingerprint density at radius 2 is 1.85 bits per heavy atom. The minimum Gasteiger partial charge on any atom is -0.348 e. The molecular formula is C16H23N3O. The lowest BCUT2D eigenvalue weighted by atomic mass is 10.2. The highest BCUT2D eigenvalue weighted by atomic mass is 16.1. The average Bonchev–Trinajstić information content (AvgIpc) is 2.92. The first-order valence-corrected chi connectivity index (χ1v) is 7.26. The molecule has 2 rings (SSSR count). The van der Waals surface area contributed by atoms with Gasteiger partial charge in [-0.1, -0.05) is 13.0 Å². The van der Waals surface area contributed by atoms with Crippen LogP contribution in [0.2, 0.25) is 0 Å². The summed E-state index contributed by atoms with van der Waals surface area (Å²) in [5, 5.41) is 3.50. The molecule has 0 aromatic carbocycles. The van der Waals surface area contributed by atoms with Crippen LogP contribution < -0.4 is 10.9 Å². The van der Waals surface area contributed by atoms with Gasteiger partial charge in [-0.05, 0) is 38.1 Å². The summed E-state index contributed by atoms with van der Waals surface area (Å²) in [7, 11) is 0. The summed E-state index contributed by atoms with van der Waals surface area (Å²) in [5.41, 5.74) is 1.32. The number of hydrogen-bond donors (Lipinski definition) is 1. The molecule has 0 amide bonds. The highest BCUT2D eigenvalue weighted by molar-refractivity contribution is 5.11. The van der Waals surface area contributed by atoms with Crippen LogP contribution in [0.15, 0.2) is 47.5 Å². The van der Waals surface area contributed by atoms with Crippen LogP contribution in [-0.2, 0) is 13.1 Å². The molecular weight excluding hydrogens is 250 g/mol. The zero-order chi connectivity index (χ0) is 14.4. The number of aryl methyl sites for hydroxylation is 2. The third-order valence-electron chi connectivity index (χ3n) is 3.49. The van der Waals surface area contributed by atoms with Crippen molar-refractivity contribution in [1.82, 2.24) is 14.5 Å². The van der Waals surface area contributed by atoms with E-state index in [-0.39, 0.29) is 5.56 Å². The Morgan fingerprint density at radius 3 is 2.60 bits per heavy atom. The molecule has 0 saturated carbocycles. The van der Waals surface area contributed by atoms with Crippen molar-refractivity contribution in [3.8, 4) is 0 Å². The summed E-state index contributed by atoms with van der Waals surface area (Å²) in [5.74, 6) is 0. The molecule has 0 spiro atoms. The first-order valence-electron chi connectivity index (χ1n) is 7.26. The molecule has 0 radical (unpaired) electrons. The van der Waals surface area contributed by atoms with Gasteiger partial charge in [0.15, 0.2) is 0 Å². The Labute approximate surface area is 120 Å². The van der Waals surface area contributed by atoms with Crippen molar-refractivity contribution >= 4 is 0 Å². The SMILES string of the molecule is CCCNC(C)c1cccn1CCn1ccccc1=O. The van der Waals surface area contributed by atoms with Crippen LogP contribution in [0.25, 0.3) is 0 Å². The summed E-state index contributed by atoms with van der Waals surface area (Å²) in [6.45, 7) is 6.87. The van der Waals surface area contributed by atoms with E-state index >= 15 is 0 Å². The molecule has 0 aliphatic heterocycles. The molecule has 0 fully saturated rings. The second kappa shape index (κ2) is 7.10. The molecule has 108 valence electrons. The molecule has 1 N–H and O–H groups in total. The lowest BCUT2D eigenvalue weighted by Crippen LogP contribution is -2.24. The number of pyridine rings is 1. The largest absolute Gasteiger partial charge is 0.348 e. The third-order valence-corrected chi connectivity index (χ3v) is 3.49. The fourth-order valence-electron chi connectivity index (χ4n) is 2.35. The molecule has 0 bridgehead atoms. The van der Waals surface area contributed by atoms with Crippen molar-refractivity contribution in [2.24, 2.45) is 0 Å². The van der Waals surface area contributed by atoms with Gasteiger partial charge in [0.05, 0.1) is 0 Å². The molecule has 1 unspecified atom stereocenters. The molecule has 0 saturated heterocycles. The summed E-state index contributed by atoms with van der Waals surface area (Å²) in [6.07, 6.45) is 5.04. The summed E-state index contributed by atoms with van der Waals surface area (Å²) in [4.78, 5) is 11.7. The summed E-state index contributed by atoms with van der Waals surface area (Å²) >= 11 is 0. The van der Waals surface area contributed by atoms with E-state index in [9.17, 15) is 4.79 Å². The van der Waals surface area contributed by atoms with Crippen molar-refractivity contribution in [2.45, 2.75) is 39.4 Å². The maximum absolute atomic E-state index is 11.7. The van der Waals surface area contributed by atoms with Crippen molar-refractivity contribution in [3.63, 3.8) is 0 Å². The van der Waals surface area contributed by atoms with Gasteiger partial charge >= 0.3 is 0 Å². The van der Waals surface area contributed by atoms with Crippen molar-refractivity contribution in [2.75, 3.05) is 6.54 Å². The number of hydrogen-bond acceptors (Lipinski definition) is 2. The Hall–Kier alpha value is -1.81. The predicted molar refractivity (Wildman–Crippen MR) is 81.8 cm³/mol. The van der Waals surface area contributed by atoms with Crippen molar-refractivity contribution < 1.29 is 0 Å². The smallest absolute Gasteiger partial charge is 0.250 e. The van der Waals surface area contributed by atoms with Crippen molar-refractivity contribution in [3.05, 3.63) is 58.8 Å². The first kappa shape index (κ1) is 14.6. The maximum atomic E-state index is 11.7. The standard InChI is InChI=1S/C16H23N3O/c1-3-9-17-14(2)15-7-6-11-18(15)12-13-19-10-5-4-8-16(19)20/h4-8,10-11,14,17H,3,9,12-13H2,1-2H3. The van der Waals surface area contributed by atoms with Crippen LogP contribution in [0.1, 0.15) is 32.0 Å². The predicted octanol–water partition coefficient (Wildman–Crippen LogP) is 2.41. The molecule has 20 heavy (non-hydrogen) atoms. The Kier molecular flexibility index (Phi) is 5.18. The maximum Gasteiger partial charge on any atom is 0.250 e. The molecule has 2 aromatic heterocycles. The minimum atomic E-state index is 0.0540. The van der Waals surface area contributed by atoms with E-state index < -0.39 is 0 Å². The molecule has 0 aliphatic rings.